The van der Waals surface area contributed by atoms with Crippen molar-refractivity contribution >= 4 is 11.7 Å². The quantitative estimate of drug-likeness (QED) is 0.827. The van der Waals surface area contributed by atoms with Crippen molar-refractivity contribution in [3.05, 3.63) is 35.7 Å². The SMILES string of the molecule is CCNc1ccc(C(=O)NCc2ncc(CC)o2)nn1. The third kappa shape index (κ3) is 3.53. The molecular weight excluding hydrogens is 258 g/mol. The number of aromatic nitrogens is 3. The third-order valence-corrected chi connectivity index (χ3v) is 2.61. The molecule has 2 heterocycles. The number of hydrogen-bond acceptors (Lipinski definition) is 6. The maximum Gasteiger partial charge on any atom is 0.272 e. The second-order valence-corrected chi connectivity index (χ2v) is 4.09. The molecule has 106 valence electrons. The first-order chi connectivity index (χ1) is 9.72. The van der Waals surface area contributed by atoms with Gasteiger partial charge in [-0.25, -0.2) is 4.98 Å². The van der Waals surface area contributed by atoms with Gasteiger partial charge in [0.2, 0.25) is 5.89 Å². The number of amides is 1. The van der Waals surface area contributed by atoms with Crippen LogP contribution >= 0.6 is 0 Å². The van der Waals surface area contributed by atoms with Gasteiger partial charge in [0.1, 0.15) is 11.6 Å². The largest absolute Gasteiger partial charge is 0.444 e. The molecule has 20 heavy (non-hydrogen) atoms. The molecule has 0 aliphatic carbocycles. The number of oxazole rings is 1. The number of carbonyl (C=O) groups is 1. The molecule has 0 radical (unpaired) electrons. The summed E-state index contributed by atoms with van der Waals surface area (Å²) >= 11 is 0. The van der Waals surface area contributed by atoms with Crippen LogP contribution in [0.4, 0.5) is 5.82 Å². The molecule has 2 N–H and O–H groups in total. The topological polar surface area (TPSA) is 92.9 Å². The number of hydrogen-bond donors (Lipinski definition) is 2. The summed E-state index contributed by atoms with van der Waals surface area (Å²) in [6, 6.07) is 3.33. The Hall–Kier alpha value is -2.44. The predicted molar refractivity (Wildman–Crippen MR) is 73.2 cm³/mol. The minimum Gasteiger partial charge on any atom is -0.444 e. The van der Waals surface area contributed by atoms with Gasteiger partial charge in [0.25, 0.3) is 5.91 Å². The molecule has 0 aliphatic heterocycles. The van der Waals surface area contributed by atoms with Crippen LogP contribution in [0.5, 0.6) is 0 Å². The molecule has 7 heteroatoms. The Morgan fingerprint density at radius 3 is 2.75 bits per heavy atom. The Morgan fingerprint density at radius 2 is 2.15 bits per heavy atom. The lowest BCUT2D eigenvalue weighted by molar-refractivity contribution is 0.0941. The van der Waals surface area contributed by atoms with Crippen LogP contribution in [-0.2, 0) is 13.0 Å². The van der Waals surface area contributed by atoms with Crippen molar-refractivity contribution < 1.29 is 9.21 Å². The Labute approximate surface area is 116 Å². The molecule has 7 nitrogen and oxygen atoms in total. The molecule has 0 bridgehead atoms. The lowest BCUT2D eigenvalue weighted by Crippen LogP contribution is -2.24. The highest BCUT2D eigenvalue weighted by atomic mass is 16.4. The van der Waals surface area contributed by atoms with Crippen LogP contribution in [0, 0.1) is 0 Å². The van der Waals surface area contributed by atoms with Gasteiger partial charge in [-0.05, 0) is 19.1 Å². The van der Waals surface area contributed by atoms with E-state index >= 15 is 0 Å². The molecule has 2 aromatic rings. The Balaban J connectivity index is 1.90. The molecular formula is C13H17N5O2. The van der Waals surface area contributed by atoms with Crippen molar-refractivity contribution in [2.75, 3.05) is 11.9 Å². The normalized spacial score (nSPS) is 10.3. The van der Waals surface area contributed by atoms with E-state index in [-0.39, 0.29) is 18.1 Å². The third-order valence-electron chi connectivity index (χ3n) is 2.61. The van der Waals surface area contributed by atoms with E-state index in [2.05, 4.69) is 25.8 Å². The van der Waals surface area contributed by atoms with Crippen LogP contribution in [0.3, 0.4) is 0 Å². The molecule has 0 spiro atoms. The summed E-state index contributed by atoms with van der Waals surface area (Å²) in [6.45, 7) is 4.92. The highest BCUT2D eigenvalue weighted by Gasteiger charge is 2.09. The Morgan fingerprint density at radius 1 is 1.30 bits per heavy atom. The van der Waals surface area contributed by atoms with E-state index in [1.807, 2.05) is 13.8 Å². The maximum atomic E-state index is 11.9. The molecule has 2 aromatic heterocycles. The van der Waals surface area contributed by atoms with Crippen LogP contribution in [0.2, 0.25) is 0 Å². The van der Waals surface area contributed by atoms with E-state index in [9.17, 15) is 4.79 Å². The highest BCUT2D eigenvalue weighted by molar-refractivity contribution is 5.92. The fourth-order valence-electron chi connectivity index (χ4n) is 1.57. The molecule has 0 aromatic carbocycles. The van der Waals surface area contributed by atoms with Crippen molar-refractivity contribution in [3.8, 4) is 0 Å². The van der Waals surface area contributed by atoms with Gasteiger partial charge in [0, 0.05) is 13.0 Å². The second kappa shape index (κ2) is 6.65. The smallest absolute Gasteiger partial charge is 0.272 e. The van der Waals surface area contributed by atoms with Crippen LogP contribution in [0.15, 0.2) is 22.7 Å². The number of carbonyl (C=O) groups excluding carboxylic acids is 1. The van der Waals surface area contributed by atoms with Gasteiger partial charge < -0.3 is 15.1 Å². The molecule has 0 atom stereocenters. The first-order valence-electron chi connectivity index (χ1n) is 6.52. The summed E-state index contributed by atoms with van der Waals surface area (Å²) in [5, 5.41) is 13.5. The van der Waals surface area contributed by atoms with E-state index in [1.54, 1.807) is 18.3 Å². The molecule has 1 amide bonds. The number of nitrogens with one attached hydrogen (secondary N) is 2. The molecule has 0 unspecified atom stereocenters. The van der Waals surface area contributed by atoms with E-state index in [0.717, 1.165) is 18.7 Å². The summed E-state index contributed by atoms with van der Waals surface area (Å²) in [5.74, 6) is 1.61. The second-order valence-electron chi connectivity index (χ2n) is 4.09. The van der Waals surface area contributed by atoms with Crippen molar-refractivity contribution in [2.24, 2.45) is 0 Å². The maximum absolute atomic E-state index is 11.9. The predicted octanol–water partition coefficient (Wildman–Crippen LogP) is 1.39. The molecule has 0 saturated heterocycles. The van der Waals surface area contributed by atoms with Crippen LogP contribution < -0.4 is 10.6 Å². The zero-order valence-electron chi connectivity index (χ0n) is 11.5. The average molecular weight is 275 g/mol. The first-order valence-corrected chi connectivity index (χ1v) is 6.52. The summed E-state index contributed by atoms with van der Waals surface area (Å²) < 4.78 is 5.40. The van der Waals surface area contributed by atoms with Crippen molar-refractivity contribution in [1.82, 2.24) is 20.5 Å². The fraction of sp³-hybridized carbons (Fsp3) is 0.385. The standard InChI is InChI=1S/C13H17N5O2/c1-3-9-7-15-12(20-9)8-16-13(19)10-5-6-11(14-4-2)18-17-10/h5-7H,3-4,8H2,1-2H3,(H,14,18)(H,16,19). The van der Waals surface area contributed by atoms with Gasteiger partial charge in [-0.15, -0.1) is 10.2 Å². The zero-order chi connectivity index (χ0) is 14.4. The number of nitrogens with zero attached hydrogens (tertiary/aromatic N) is 3. The number of aryl methyl sites for hydroxylation is 1. The summed E-state index contributed by atoms with van der Waals surface area (Å²) in [5.41, 5.74) is 0.258. The van der Waals surface area contributed by atoms with Gasteiger partial charge in [-0.2, -0.15) is 0 Å². The summed E-state index contributed by atoms with van der Waals surface area (Å²) in [4.78, 5) is 15.9. The number of anilines is 1. The van der Waals surface area contributed by atoms with Gasteiger partial charge in [0.05, 0.1) is 12.7 Å². The molecule has 0 aliphatic rings. The Kier molecular flexibility index (Phi) is 4.65. The highest BCUT2D eigenvalue weighted by Crippen LogP contribution is 2.05. The molecule has 0 fully saturated rings. The average Bonchev–Trinajstić information content (AvgIpc) is 2.94. The van der Waals surface area contributed by atoms with Crippen LogP contribution in [0.25, 0.3) is 0 Å². The molecule has 2 rings (SSSR count). The van der Waals surface area contributed by atoms with Gasteiger partial charge in [-0.1, -0.05) is 6.92 Å². The van der Waals surface area contributed by atoms with Gasteiger partial charge >= 0.3 is 0 Å². The minimum atomic E-state index is -0.309. The summed E-state index contributed by atoms with van der Waals surface area (Å²) in [7, 11) is 0. The zero-order valence-corrected chi connectivity index (χ0v) is 11.5. The fourth-order valence-corrected chi connectivity index (χ4v) is 1.57. The lowest BCUT2D eigenvalue weighted by Gasteiger charge is -2.03. The summed E-state index contributed by atoms with van der Waals surface area (Å²) in [6.07, 6.45) is 2.44. The first kappa shape index (κ1) is 14.0. The number of rotatable bonds is 6. The van der Waals surface area contributed by atoms with E-state index in [4.69, 9.17) is 4.42 Å². The van der Waals surface area contributed by atoms with Gasteiger partial charge in [0.15, 0.2) is 5.69 Å². The van der Waals surface area contributed by atoms with Crippen LogP contribution in [-0.4, -0.2) is 27.6 Å². The molecule has 0 saturated carbocycles. The van der Waals surface area contributed by atoms with E-state index < -0.39 is 0 Å². The lowest BCUT2D eigenvalue weighted by atomic mass is 10.3. The van der Waals surface area contributed by atoms with Crippen molar-refractivity contribution in [1.29, 1.82) is 0 Å². The van der Waals surface area contributed by atoms with E-state index in [0.29, 0.717) is 11.7 Å². The van der Waals surface area contributed by atoms with E-state index in [1.165, 1.54) is 0 Å². The van der Waals surface area contributed by atoms with Crippen molar-refractivity contribution in [3.63, 3.8) is 0 Å². The van der Waals surface area contributed by atoms with Crippen LogP contribution in [0.1, 0.15) is 36.0 Å². The monoisotopic (exact) mass is 275 g/mol. The van der Waals surface area contributed by atoms with Crippen molar-refractivity contribution in [2.45, 2.75) is 26.8 Å². The minimum absolute atomic E-state index is 0.232. The van der Waals surface area contributed by atoms with Gasteiger partial charge in [-0.3, -0.25) is 4.79 Å². The Bertz CT molecular complexity index is 564.